The average molecular weight is 451 g/mol. The molecule has 0 unspecified atom stereocenters. The zero-order chi connectivity index (χ0) is 23.3. The molecule has 1 aromatic carbocycles. The van der Waals surface area contributed by atoms with E-state index in [9.17, 15) is 4.79 Å². The first-order chi connectivity index (χ1) is 15.9. The van der Waals surface area contributed by atoms with Crippen molar-refractivity contribution in [1.82, 2.24) is 29.1 Å². The van der Waals surface area contributed by atoms with E-state index < -0.39 is 0 Å². The van der Waals surface area contributed by atoms with Gasteiger partial charge in [0.15, 0.2) is 0 Å². The Kier molecular flexibility index (Phi) is 5.34. The van der Waals surface area contributed by atoms with Gasteiger partial charge >= 0.3 is 5.69 Å². The average Bonchev–Trinajstić information content (AvgIpc) is 3.46. The summed E-state index contributed by atoms with van der Waals surface area (Å²) in [6.45, 7) is 4.68. The van der Waals surface area contributed by atoms with Crippen molar-refractivity contribution in [2.24, 2.45) is 20.0 Å². The van der Waals surface area contributed by atoms with Crippen molar-refractivity contribution in [3.05, 3.63) is 46.0 Å². The number of fused-ring (bicyclic) bond motifs is 1. The third kappa shape index (κ3) is 3.65. The van der Waals surface area contributed by atoms with Crippen molar-refractivity contribution in [1.29, 1.82) is 0 Å². The number of methoxy groups -OCH3 is 1. The van der Waals surface area contributed by atoms with Crippen molar-refractivity contribution in [3.63, 3.8) is 0 Å². The minimum Gasteiger partial charge on any atom is -0.497 e. The largest absolute Gasteiger partial charge is 0.497 e. The number of hydrogen-bond acceptors (Lipinski definition) is 6. The molecule has 0 amide bonds. The van der Waals surface area contributed by atoms with Gasteiger partial charge in [0.05, 0.1) is 29.4 Å². The van der Waals surface area contributed by atoms with Crippen LogP contribution in [0.1, 0.15) is 48.9 Å². The molecule has 4 aromatic rings. The Morgan fingerprint density at radius 2 is 1.85 bits per heavy atom. The van der Waals surface area contributed by atoms with Gasteiger partial charge in [-0.2, -0.15) is 5.10 Å². The highest BCUT2D eigenvalue weighted by atomic mass is 16.5. The van der Waals surface area contributed by atoms with E-state index in [4.69, 9.17) is 9.15 Å². The van der Waals surface area contributed by atoms with Crippen LogP contribution in [-0.4, -0.2) is 36.2 Å². The van der Waals surface area contributed by atoms with Crippen LogP contribution in [0.4, 0.5) is 0 Å². The van der Waals surface area contributed by atoms with Crippen LogP contribution in [0.3, 0.4) is 0 Å². The lowest BCUT2D eigenvalue weighted by molar-refractivity contribution is 0.270. The lowest BCUT2D eigenvalue weighted by Crippen LogP contribution is -2.27. The highest BCUT2D eigenvalue weighted by Gasteiger charge is 2.28. The van der Waals surface area contributed by atoms with Gasteiger partial charge < -0.3 is 9.15 Å². The third-order valence-corrected chi connectivity index (χ3v) is 7.15. The summed E-state index contributed by atoms with van der Waals surface area (Å²) in [6, 6.07) is 5.79. The molecule has 0 N–H and O–H groups in total. The van der Waals surface area contributed by atoms with E-state index >= 15 is 0 Å². The van der Waals surface area contributed by atoms with Crippen molar-refractivity contribution in [3.8, 4) is 17.2 Å². The predicted molar refractivity (Wildman–Crippen MR) is 124 cm³/mol. The quantitative estimate of drug-likeness (QED) is 0.460. The molecule has 0 aliphatic heterocycles. The summed E-state index contributed by atoms with van der Waals surface area (Å²) < 4.78 is 16.9. The maximum Gasteiger partial charge on any atom is 0.328 e. The van der Waals surface area contributed by atoms with E-state index in [2.05, 4.69) is 15.3 Å². The monoisotopic (exact) mass is 450 g/mol. The summed E-state index contributed by atoms with van der Waals surface area (Å²) in [5.74, 6) is 2.70. The number of aromatic nitrogens is 6. The fraction of sp³-hybridized carbons (Fsp3) is 0.500. The van der Waals surface area contributed by atoms with Crippen LogP contribution in [0.2, 0.25) is 0 Å². The Labute approximate surface area is 192 Å². The fourth-order valence-electron chi connectivity index (χ4n) is 5.13. The number of ether oxygens (including phenoxy) is 1. The Hall–Kier alpha value is -3.36. The van der Waals surface area contributed by atoms with Crippen molar-refractivity contribution in [2.45, 2.75) is 52.0 Å². The van der Waals surface area contributed by atoms with Crippen molar-refractivity contribution < 1.29 is 9.15 Å². The van der Waals surface area contributed by atoms with Crippen LogP contribution >= 0.6 is 0 Å². The summed E-state index contributed by atoms with van der Waals surface area (Å²) in [7, 11) is 5.39. The Morgan fingerprint density at radius 3 is 2.52 bits per heavy atom. The molecule has 1 aliphatic rings. The van der Waals surface area contributed by atoms with E-state index in [-0.39, 0.29) is 11.6 Å². The molecule has 0 spiro atoms. The molecule has 33 heavy (non-hydrogen) atoms. The lowest BCUT2D eigenvalue weighted by atomic mass is 9.82. The van der Waals surface area contributed by atoms with Crippen LogP contribution in [-0.2, 0) is 20.6 Å². The van der Waals surface area contributed by atoms with Gasteiger partial charge in [-0.3, -0.25) is 13.8 Å². The molecular weight excluding hydrogens is 420 g/mol. The number of rotatable bonds is 5. The molecule has 1 aliphatic carbocycles. The van der Waals surface area contributed by atoms with Gasteiger partial charge in [-0.05, 0) is 57.6 Å². The molecule has 5 rings (SSSR count). The van der Waals surface area contributed by atoms with Gasteiger partial charge in [0.1, 0.15) is 5.75 Å². The van der Waals surface area contributed by atoms with Gasteiger partial charge in [-0.25, -0.2) is 4.79 Å². The van der Waals surface area contributed by atoms with Gasteiger partial charge in [0, 0.05) is 38.3 Å². The normalized spacial score (nSPS) is 18.8. The smallest absolute Gasteiger partial charge is 0.328 e. The minimum atomic E-state index is 0.0177. The topological polar surface area (TPSA) is 92.9 Å². The van der Waals surface area contributed by atoms with Crippen molar-refractivity contribution >= 4 is 11.0 Å². The maximum atomic E-state index is 12.9. The third-order valence-electron chi connectivity index (χ3n) is 7.15. The number of aryl methyl sites for hydroxylation is 3. The van der Waals surface area contributed by atoms with Crippen LogP contribution < -0.4 is 10.4 Å². The molecule has 0 radical (unpaired) electrons. The van der Waals surface area contributed by atoms with E-state index in [0.29, 0.717) is 24.2 Å². The lowest BCUT2D eigenvalue weighted by Gasteiger charge is -2.26. The first-order valence-electron chi connectivity index (χ1n) is 11.4. The number of nitrogens with zero attached hydrogens (tertiary/aromatic N) is 6. The van der Waals surface area contributed by atoms with E-state index in [1.54, 1.807) is 11.7 Å². The summed E-state index contributed by atoms with van der Waals surface area (Å²) in [4.78, 5) is 12.9. The van der Waals surface area contributed by atoms with Crippen molar-refractivity contribution in [2.75, 3.05) is 7.11 Å². The molecule has 3 aromatic heterocycles. The van der Waals surface area contributed by atoms with E-state index in [0.717, 1.165) is 59.4 Å². The number of imidazole rings is 1. The summed E-state index contributed by atoms with van der Waals surface area (Å²) in [6.07, 6.45) is 3.97. The zero-order valence-corrected chi connectivity index (χ0v) is 19.8. The molecule has 0 atom stereocenters. The number of benzene rings is 1. The zero-order valence-electron chi connectivity index (χ0n) is 19.8. The van der Waals surface area contributed by atoms with E-state index in [1.165, 1.54) is 0 Å². The molecule has 9 heteroatoms. The van der Waals surface area contributed by atoms with Gasteiger partial charge in [0.2, 0.25) is 5.89 Å². The highest BCUT2D eigenvalue weighted by molar-refractivity contribution is 5.77. The van der Waals surface area contributed by atoms with E-state index in [1.807, 2.05) is 55.4 Å². The molecular formula is C24H30N6O3. The first-order valence-corrected chi connectivity index (χ1v) is 11.4. The van der Waals surface area contributed by atoms with Crippen LogP contribution in [0.5, 0.6) is 5.75 Å². The standard InChI is InChI=1S/C24H30N6O3/c1-14-21(15(2)29(4)27-14)23-26-25-22(33-23)17-8-6-16(7-9-17)13-30-20-12-18(32-5)10-11-19(20)28(3)24(30)31/h10-12,16-17H,6-9,13H2,1-5H3/t16-,17-. The molecule has 0 bridgehead atoms. The summed E-state index contributed by atoms with van der Waals surface area (Å²) >= 11 is 0. The van der Waals surface area contributed by atoms with Crippen LogP contribution in [0, 0.1) is 19.8 Å². The number of hydrogen-bond donors (Lipinski definition) is 0. The maximum absolute atomic E-state index is 12.9. The second-order valence-electron chi connectivity index (χ2n) is 9.14. The Bertz CT molecular complexity index is 1370. The second kappa shape index (κ2) is 8.20. The van der Waals surface area contributed by atoms with Gasteiger partial charge in [-0.15, -0.1) is 10.2 Å². The van der Waals surface area contributed by atoms with Gasteiger partial charge in [-0.1, -0.05) is 0 Å². The molecule has 1 fully saturated rings. The highest BCUT2D eigenvalue weighted by Crippen LogP contribution is 2.37. The second-order valence-corrected chi connectivity index (χ2v) is 9.14. The summed E-state index contributed by atoms with van der Waals surface area (Å²) in [5, 5.41) is 13.1. The fourth-order valence-corrected chi connectivity index (χ4v) is 5.13. The molecule has 1 saturated carbocycles. The Balaban J connectivity index is 1.30. The molecule has 174 valence electrons. The predicted octanol–water partition coefficient (Wildman–Crippen LogP) is 3.72. The minimum absolute atomic E-state index is 0.0177. The molecule has 9 nitrogen and oxygen atoms in total. The molecule has 0 saturated heterocycles. The first kappa shape index (κ1) is 21.5. The summed E-state index contributed by atoms with van der Waals surface area (Å²) in [5.41, 5.74) is 4.70. The van der Waals surface area contributed by atoms with Crippen LogP contribution in [0.25, 0.3) is 22.5 Å². The van der Waals surface area contributed by atoms with Crippen LogP contribution in [0.15, 0.2) is 27.4 Å². The molecule has 3 heterocycles. The SMILES string of the molecule is COc1ccc2c(c1)n(C[C@H]1CC[C@H](c3nnc(-c4c(C)nn(C)c4C)o3)CC1)c(=O)n2C. The Morgan fingerprint density at radius 1 is 1.09 bits per heavy atom. The van der Waals surface area contributed by atoms with Gasteiger partial charge in [0.25, 0.3) is 5.89 Å².